The molecule has 0 fully saturated rings. The fourth-order valence-corrected chi connectivity index (χ4v) is 3.36. The SMILES string of the molecule is Cc1csc(-c2nnc3n2CCNC3C)c1Cl. The van der Waals surface area contributed by atoms with E-state index in [0.29, 0.717) is 0 Å². The lowest BCUT2D eigenvalue weighted by atomic mass is 10.2. The van der Waals surface area contributed by atoms with Crippen LogP contribution in [0.25, 0.3) is 10.7 Å². The van der Waals surface area contributed by atoms with Gasteiger partial charge in [0.25, 0.3) is 0 Å². The summed E-state index contributed by atoms with van der Waals surface area (Å²) in [6.07, 6.45) is 0. The monoisotopic (exact) mass is 268 g/mol. The lowest BCUT2D eigenvalue weighted by Crippen LogP contribution is -2.32. The number of thiophene rings is 1. The van der Waals surface area contributed by atoms with Crippen molar-refractivity contribution in [1.82, 2.24) is 20.1 Å². The Hall–Kier alpha value is -0.910. The molecule has 1 atom stereocenters. The number of rotatable bonds is 1. The topological polar surface area (TPSA) is 42.7 Å². The second kappa shape index (κ2) is 4.08. The van der Waals surface area contributed by atoms with Crippen LogP contribution in [0.5, 0.6) is 0 Å². The lowest BCUT2D eigenvalue weighted by Gasteiger charge is -2.21. The number of aryl methyl sites for hydroxylation is 1. The molecule has 3 heterocycles. The maximum absolute atomic E-state index is 6.29. The van der Waals surface area contributed by atoms with Crippen LogP contribution in [0.4, 0.5) is 0 Å². The van der Waals surface area contributed by atoms with Crippen molar-refractivity contribution in [2.75, 3.05) is 6.54 Å². The van der Waals surface area contributed by atoms with Crippen molar-refractivity contribution in [3.63, 3.8) is 0 Å². The maximum Gasteiger partial charge on any atom is 0.175 e. The Bertz CT molecular complexity index is 560. The van der Waals surface area contributed by atoms with Gasteiger partial charge in [-0.2, -0.15) is 0 Å². The van der Waals surface area contributed by atoms with Crippen molar-refractivity contribution in [1.29, 1.82) is 0 Å². The standard InChI is InChI=1S/C11H13ClN4S/c1-6-5-17-9(8(6)12)11-15-14-10-7(2)13-3-4-16(10)11/h5,7,13H,3-4H2,1-2H3. The van der Waals surface area contributed by atoms with Gasteiger partial charge in [0, 0.05) is 13.1 Å². The van der Waals surface area contributed by atoms with Gasteiger partial charge in [0.15, 0.2) is 5.82 Å². The molecule has 4 nitrogen and oxygen atoms in total. The van der Waals surface area contributed by atoms with Gasteiger partial charge in [0.2, 0.25) is 0 Å². The summed E-state index contributed by atoms with van der Waals surface area (Å²) < 4.78 is 2.16. The van der Waals surface area contributed by atoms with Crippen molar-refractivity contribution in [2.45, 2.75) is 26.4 Å². The highest BCUT2D eigenvalue weighted by molar-refractivity contribution is 7.14. The summed E-state index contributed by atoms with van der Waals surface area (Å²) in [4.78, 5) is 1.03. The van der Waals surface area contributed by atoms with Crippen LogP contribution < -0.4 is 5.32 Å². The summed E-state index contributed by atoms with van der Waals surface area (Å²) in [6.45, 7) is 5.96. The first-order valence-electron chi connectivity index (χ1n) is 5.59. The molecule has 3 rings (SSSR count). The smallest absolute Gasteiger partial charge is 0.175 e. The number of nitrogens with zero attached hydrogens (tertiary/aromatic N) is 3. The largest absolute Gasteiger partial charge is 0.308 e. The molecular formula is C11H13ClN4S. The van der Waals surface area contributed by atoms with E-state index < -0.39 is 0 Å². The molecule has 6 heteroatoms. The van der Waals surface area contributed by atoms with E-state index in [1.54, 1.807) is 11.3 Å². The van der Waals surface area contributed by atoms with Crippen molar-refractivity contribution in [2.24, 2.45) is 0 Å². The molecule has 0 amide bonds. The van der Waals surface area contributed by atoms with Crippen LogP contribution in [-0.4, -0.2) is 21.3 Å². The summed E-state index contributed by atoms with van der Waals surface area (Å²) in [7, 11) is 0. The fourth-order valence-electron chi connectivity index (χ4n) is 2.09. The molecule has 0 aromatic carbocycles. The highest BCUT2D eigenvalue weighted by atomic mass is 35.5. The van der Waals surface area contributed by atoms with Crippen molar-refractivity contribution in [3.8, 4) is 10.7 Å². The van der Waals surface area contributed by atoms with E-state index in [-0.39, 0.29) is 6.04 Å². The van der Waals surface area contributed by atoms with Gasteiger partial charge >= 0.3 is 0 Å². The van der Waals surface area contributed by atoms with Gasteiger partial charge in [-0.1, -0.05) is 11.6 Å². The molecule has 0 radical (unpaired) electrons. The summed E-state index contributed by atoms with van der Waals surface area (Å²) in [5.74, 6) is 1.89. The molecule has 1 aliphatic heterocycles. The Kier molecular flexibility index (Phi) is 2.69. The van der Waals surface area contributed by atoms with Crippen LogP contribution >= 0.6 is 22.9 Å². The first-order chi connectivity index (χ1) is 8.18. The fraction of sp³-hybridized carbons (Fsp3) is 0.455. The third-order valence-corrected chi connectivity index (χ3v) is 4.75. The predicted molar refractivity (Wildman–Crippen MR) is 69.5 cm³/mol. The van der Waals surface area contributed by atoms with E-state index >= 15 is 0 Å². The van der Waals surface area contributed by atoms with Gasteiger partial charge in [0.05, 0.1) is 15.9 Å². The number of halogens is 1. The zero-order valence-electron chi connectivity index (χ0n) is 9.70. The van der Waals surface area contributed by atoms with Gasteiger partial charge in [-0.3, -0.25) is 0 Å². The van der Waals surface area contributed by atoms with Crippen LogP contribution in [0.2, 0.25) is 5.02 Å². The van der Waals surface area contributed by atoms with E-state index in [4.69, 9.17) is 11.6 Å². The molecule has 2 aromatic rings. The van der Waals surface area contributed by atoms with E-state index in [1.807, 2.05) is 6.92 Å². The number of hydrogen-bond acceptors (Lipinski definition) is 4. The van der Waals surface area contributed by atoms with Gasteiger partial charge in [-0.05, 0) is 24.8 Å². The third-order valence-electron chi connectivity index (χ3n) is 3.05. The minimum atomic E-state index is 0.254. The Morgan fingerprint density at radius 1 is 1.53 bits per heavy atom. The molecule has 17 heavy (non-hydrogen) atoms. The molecule has 0 bridgehead atoms. The van der Waals surface area contributed by atoms with Crippen LogP contribution in [0.15, 0.2) is 5.38 Å². The molecular weight excluding hydrogens is 256 g/mol. The Morgan fingerprint density at radius 2 is 2.35 bits per heavy atom. The van der Waals surface area contributed by atoms with E-state index in [0.717, 1.165) is 40.2 Å². The zero-order valence-corrected chi connectivity index (χ0v) is 11.3. The Balaban J connectivity index is 2.13. The van der Waals surface area contributed by atoms with Crippen molar-refractivity contribution in [3.05, 3.63) is 21.8 Å². The normalized spacial score (nSPS) is 19.4. The van der Waals surface area contributed by atoms with Crippen LogP contribution in [-0.2, 0) is 6.54 Å². The first-order valence-corrected chi connectivity index (χ1v) is 6.84. The van der Waals surface area contributed by atoms with E-state index in [9.17, 15) is 0 Å². The Labute approximate surface area is 109 Å². The first kappa shape index (κ1) is 11.2. The maximum atomic E-state index is 6.29. The average Bonchev–Trinajstić information content (AvgIpc) is 2.86. The highest BCUT2D eigenvalue weighted by Crippen LogP contribution is 2.36. The highest BCUT2D eigenvalue weighted by Gasteiger charge is 2.24. The molecule has 0 aliphatic carbocycles. The molecule has 2 aromatic heterocycles. The third kappa shape index (κ3) is 1.69. The number of fused-ring (bicyclic) bond motifs is 1. The molecule has 1 unspecified atom stereocenters. The van der Waals surface area contributed by atoms with Gasteiger partial charge in [-0.25, -0.2) is 0 Å². The van der Waals surface area contributed by atoms with Gasteiger partial charge in [-0.15, -0.1) is 21.5 Å². The predicted octanol–water partition coefficient (Wildman–Crippen LogP) is 2.63. The summed E-state index contributed by atoms with van der Waals surface area (Å²) in [6, 6.07) is 0.254. The zero-order chi connectivity index (χ0) is 12.0. The van der Waals surface area contributed by atoms with Crippen LogP contribution in [0, 0.1) is 6.92 Å². The van der Waals surface area contributed by atoms with Crippen molar-refractivity contribution >= 4 is 22.9 Å². The summed E-state index contributed by atoms with van der Waals surface area (Å²) in [5.41, 5.74) is 1.10. The minimum Gasteiger partial charge on any atom is -0.308 e. The molecule has 90 valence electrons. The second-order valence-corrected chi connectivity index (χ2v) is 5.53. The average molecular weight is 269 g/mol. The second-order valence-electron chi connectivity index (χ2n) is 4.27. The molecule has 0 spiro atoms. The van der Waals surface area contributed by atoms with Gasteiger partial charge in [0.1, 0.15) is 5.82 Å². The number of nitrogens with one attached hydrogen (secondary N) is 1. The summed E-state index contributed by atoms with van der Waals surface area (Å²) in [5, 5.41) is 14.8. The van der Waals surface area contributed by atoms with Gasteiger partial charge < -0.3 is 9.88 Å². The van der Waals surface area contributed by atoms with E-state index in [1.165, 1.54) is 0 Å². The van der Waals surface area contributed by atoms with Crippen LogP contribution in [0.1, 0.15) is 24.4 Å². The Morgan fingerprint density at radius 3 is 3.06 bits per heavy atom. The number of hydrogen-bond donors (Lipinski definition) is 1. The molecule has 1 aliphatic rings. The minimum absolute atomic E-state index is 0.254. The van der Waals surface area contributed by atoms with E-state index in [2.05, 4.69) is 32.4 Å². The summed E-state index contributed by atoms with van der Waals surface area (Å²) >= 11 is 7.93. The quantitative estimate of drug-likeness (QED) is 0.865. The van der Waals surface area contributed by atoms with Crippen molar-refractivity contribution < 1.29 is 0 Å². The molecule has 1 N–H and O–H groups in total. The number of aromatic nitrogens is 3. The molecule has 0 saturated heterocycles. The molecule has 0 saturated carbocycles. The van der Waals surface area contributed by atoms with Crippen LogP contribution in [0.3, 0.4) is 0 Å². The lowest BCUT2D eigenvalue weighted by molar-refractivity contribution is 0.439.